The van der Waals surface area contributed by atoms with Crippen molar-refractivity contribution in [2.45, 2.75) is 35.2 Å². The molecule has 130 valence electrons. The number of benzene rings is 1. The van der Waals surface area contributed by atoms with Gasteiger partial charge < -0.3 is 20.3 Å². The van der Waals surface area contributed by atoms with E-state index in [9.17, 15) is 9.59 Å². The quantitative estimate of drug-likeness (QED) is 0.650. The summed E-state index contributed by atoms with van der Waals surface area (Å²) in [4.78, 5) is 23.7. The van der Waals surface area contributed by atoms with E-state index in [2.05, 4.69) is 5.32 Å². The van der Waals surface area contributed by atoms with Gasteiger partial charge in [0.1, 0.15) is 18.7 Å². The molecule has 2 heterocycles. The lowest BCUT2D eigenvalue weighted by molar-refractivity contribution is -0.148. The molecule has 0 amide bonds. The Hall–Kier alpha value is -1.61. The zero-order valence-electron chi connectivity index (χ0n) is 13.0. The molecule has 4 atom stereocenters. The number of carboxylic acid groups (broad SMARTS) is 1. The SMILES string of the molecule is NC(C(=O)O)C1NC(C(=O)OCc2ccccc2)C2(CCOC2)S1. The van der Waals surface area contributed by atoms with Gasteiger partial charge in [0.15, 0.2) is 0 Å². The Morgan fingerprint density at radius 1 is 1.46 bits per heavy atom. The average Bonchev–Trinajstić information content (AvgIpc) is 3.21. The fourth-order valence-corrected chi connectivity index (χ4v) is 4.58. The van der Waals surface area contributed by atoms with Crippen molar-refractivity contribution in [1.29, 1.82) is 0 Å². The molecular formula is C16H20N2O5S. The first-order valence-electron chi connectivity index (χ1n) is 7.72. The molecule has 2 fully saturated rings. The van der Waals surface area contributed by atoms with Crippen molar-refractivity contribution < 1.29 is 24.2 Å². The summed E-state index contributed by atoms with van der Waals surface area (Å²) in [7, 11) is 0. The predicted octanol–water partition coefficient (Wildman–Crippen LogP) is 0.332. The van der Waals surface area contributed by atoms with Gasteiger partial charge in [0, 0.05) is 6.61 Å². The smallest absolute Gasteiger partial charge is 0.325 e. The predicted molar refractivity (Wildman–Crippen MR) is 88.3 cm³/mol. The Labute approximate surface area is 143 Å². The van der Waals surface area contributed by atoms with Gasteiger partial charge in [0.05, 0.1) is 16.7 Å². The number of aliphatic carboxylic acids is 1. The van der Waals surface area contributed by atoms with Crippen LogP contribution in [0.3, 0.4) is 0 Å². The molecule has 8 heteroatoms. The number of carboxylic acids is 1. The van der Waals surface area contributed by atoms with Crippen molar-refractivity contribution in [3.05, 3.63) is 35.9 Å². The Morgan fingerprint density at radius 3 is 2.83 bits per heavy atom. The minimum absolute atomic E-state index is 0.176. The molecule has 0 aliphatic carbocycles. The fourth-order valence-electron chi connectivity index (χ4n) is 2.96. The number of esters is 1. The van der Waals surface area contributed by atoms with E-state index < -0.39 is 34.1 Å². The third-order valence-electron chi connectivity index (χ3n) is 4.31. The van der Waals surface area contributed by atoms with E-state index in [1.165, 1.54) is 11.8 Å². The van der Waals surface area contributed by atoms with Crippen molar-refractivity contribution in [3.8, 4) is 0 Å². The summed E-state index contributed by atoms with van der Waals surface area (Å²) in [6.45, 7) is 1.08. The van der Waals surface area contributed by atoms with E-state index in [0.29, 0.717) is 19.6 Å². The molecule has 24 heavy (non-hydrogen) atoms. The molecule has 1 spiro atoms. The van der Waals surface area contributed by atoms with Crippen LogP contribution in [0.2, 0.25) is 0 Å². The van der Waals surface area contributed by atoms with Crippen LogP contribution in [0.25, 0.3) is 0 Å². The second-order valence-electron chi connectivity index (χ2n) is 5.96. The molecule has 0 aromatic heterocycles. The largest absolute Gasteiger partial charge is 0.480 e. The van der Waals surface area contributed by atoms with Gasteiger partial charge in [-0.05, 0) is 12.0 Å². The van der Waals surface area contributed by atoms with Crippen LogP contribution in [0.4, 0.5) is 0 Å². The molecule has 2 aliphatic heterocycles. The summed E-state index contributed by atoms with van der Waals surface area (Å²) < 4.78 is 10.4. The molecule has 0 radical (unpaired) electrons. The number of carbonyl (C=O) groups excluding carboxylic acids is 1. The number of nitrogens with two attached hydrogens (primary N) is 1. The van der Waals surface area contributed by atoms with E-state index in [0.717, 1.165) is 5.56 Å². The number of carbonyl (C=O) groups is 2. The van der Waals surface area contributed by atoms with Crippen LogP contribution >= 0.6 is 11.8 Å². The Morgan fingerprint density at radius 2 is 2.21 bits per heavy atom. The van der Waals surface area contributed by atoms with Crippen LogP contribution in [-0.2, 0) is 25.7 Å². The van der Waals surface area contributed by atoms with Crippen molar-refractivity contribution in [2.75, 3.05) is 13.2 Å². The fraction of sp³-hybridized carbons (Fsp3) is 0.500. The van der Waals surface area contributed by atoms with Crippen molar-refractivity contribution in [2.24, 2.45) is 5.73 Å². The van der Waals surface area contributed by atoms with Gasteiger partial charge in [-0.25, -0.2) is 0 Å². The molecule has 7 nitrogen and oxygen atoms in total. The van der Waals surface area contributed by atoms with E-state index in [-0.39, 0.29) is 6.61 Å². The summed E-state index contributed by atoms with van der Waals surface area (Å²) in [5, 5.41) is 11.6. The highest BCUT2D eigenvalue weighted by molar-refractivity contribution is 8.01. The van der Waals surface area contributed by atoms with Crippen LogP contribution in [0, 0.1) is 0 Å². The molecule has 4 unspecified atom stereocenters. The molecule has 3 rings (SSSR count). The van der Waals surface area contributed by atoms with Crippen LogP contribution in [-0.4, -0.2) is 52.5 Å². The van der Waals surface area contributed by atoms with Gasteiger partial charge >= 0.3 is 11.9 Å². The van der Waals surface area contributed by atoms with Crippen LogP contribution in [0.15, 0.2) is 30.3 Å². The Bertz CT molecular complexity index is 606. The topological polar surface area (TPSA) is 111 Å². The Kier molecular flexibility index (Phi) is 5.09. The molecular weight excluding hydrogens is 332 g/mol. The molecule has 4 N–H and O–H groups in total. The lowest BCUT2D eigenvalue weighted by atomic mass is 9.98. The van der Waals surface area contributed by atoms with E-state index >= 15 is 0 Å². The maximum absolute atomic E-state index is 12.6. The number of thioether (sulfide) groups is 1. The number of hydrogen-bond acceptors (Lipinski definition) is 7. The van der Waals surface area contributed by atoms with E-state index in [1.54, 1.807) is 0 Å². The summed E-state index contributed by atoms with van der Waals surface area (Å²) in [5.74, 6) is -1.51. The number of ether oxygens (including phenoxy) is 2. The number of hydrogen-bond donors (Lipinski definition) is 3. The molecule has 2 saturated heterocycles. The summed E-state index contributed by atoms with van der Waals surface area (Å²) in [6.07, 6.45) is 0.651. The lowest BCUT2D eigenvalue weighted by Crippen LogP contribution is -2.52. The van der Waals surface area contributed by atoms with Gasteiger partial charge in [0.2, 0.25) is 0 Å². The number of nitrogens with one attached hydrogen (secondary N) is 1. The minimum atomic E-state index is -1.10. The first-order valence-corrected chi connectivity index (χ1v) is 8.60. The third-order valence-corrected chi connectivity index (χ3v) is 6.02. The summed E-state index contributed by atoms with van der Waals surface area (Å²) >= 11 is 1.37. The zero-order valence-corrected chi connectivity index (χ0v) is 13.8. The third kappa shape index (κ3) is 3.41. The first kappa shape index (κ1) is 17.2. The molecule has 0 saturated carbocycles. The monoisotopic (exact) mass is 352 g/mol. The van der Waals surface area contributed by atoms with Gasteiger partial charge in [-0.15, -0.1) is 11.8 Å². The van der Waals surface area contributed by atoms with Crippen molar-refractivity contribution in [3.63, 3.8) is 0 Å². The second kappa shape index (κ2) is 7.10. The van der Waals surface area contributed by atoms with Gasteiger partial charge in [-0.2, -0.15) is 0 Å². The van der Waals surface area contributed by atoms with Gasteiger partial charge in [-0.1, -0.05) is 30.3 Å². The molecule has 1 aromatic rings. The van der Waals surface area contributed by atoms with E-state index in [1.807, 2.05) is 30.3 Å². The van der Waals surface area contributed by atoms with Crippen LogP contribution < -0.4 is 11.1 Å². The summed E-state index contributed by atoms with van der Waals surface area (Å²) in [6, 6.07) is 7.66. The standard InChI is InChI=1S/C16H20N2O5S/c17-11(14(19)20)13-18-12(16(24-13)6-7-22-9-16)15(21)23-8-10-4-2-1-3-5-10/h1-5,11-13,18H,6-9,17H2,(H,19,20). The normalized spacial score (nSPS) is 30.4. The van der Waals surface area contributed by atoms with Crippen LogP contribution in [0.5, 0.6) is 0 Å². The highest BCUT2D eigenvalue weighted by Gasteiger charge is 2.56. The maximum Gasteiger partial charge on any atom is 0.325 e. The maximum atomic E-state index is 12.6. The molecule has 0 bridgehead atoms. The molecule has 1 aromatic carbocycles. The Balaban J connectivity index is 1.69. The zero-order chi connectivity index (χ0) is 17.2. The second-order valence-corrected chi connectivity index (χ2v) is 7.52. The minimum Gasteiger partial charge on any atom is -0.480 e. The lowest BCUT2D eigenvalue weighted by Gasteiger charge is -2.26. The van der Waals surface area contributed by atoms with Crippen LogP contribution in [0.1, 0.15) is 12.0 Å². The first-order chi connectivity index (χ1) is 11.5. The summed E-state index contributed by atoms with van der Waals surface area (Å²) in [5.41, 5.74) is 6.62. The average molecular weight is 352 g/mol. The highest BCUT2D eigenvalue weighted by atomic mass is 32.2. The molecule has 2 aliphatic rings. The van der Waals surface area contributed by atoms with Gasteiger partial charge in [0.25, 0.3) is 0 Å². The van der Waals surface area contributed by atoms with Crippen molar-refractivity contribution >= 4 is 23.7 Å². The number of rotatable bonds is 5. The highest BCUT2D eigenvalue weighted by Crippen LogP contribution is 2.45. The van der Waals surface area contributed by atoms with Crippen molar-refractivity contribution in [1.82, 2.24) is 5.32 Å². The van der Waals surface area contributed by atoms with E-state index in [4.69, 9.17) is 20.3 Å². The van der Waals surface area contributed by atoms with Gasteiger partial charge in [-0.3, -0.25) is 14.9 Å².